The van der Waals surface area contributed by atoms with Crippen molar-refractivity contribution in [3.05, 3.63) is 65.8 Å². The van der Waals surface area contributed by atoms with Crippen LogP contribution in [0.15, 0.2) is 47.4 Å². The summed E-state index contributed by atoms with van der Waals surface area (Å²) in [7, 11) is -2.13. The lowest BCUT2D eigenvalue weighted by Gasteiger charge is -2.19. The van der Waals surface area contributed by atoms with Crippen molar-refractivity contribution in [2.45, 2.75) is 44.2 Å². The number of aromatic nitrogens is 7. The van der Waals surface area contributed by atoms with Gasteiger partial charge in [-0.1, -0.05) is 18.1 Å². The molecular formula is C22H25N7O4S. The lowest BCUT2D eigenvalue weighted by molar-refractivity contribution is 0.398. The van der Waals surface area contributed by atoms with Gasteiger partial charge in [0, 0.05) is 30.4 Å². The van der Waals surface area contributed by atoms with E-state index in [9.17, 15) is 8.42 Å². The topological polar surface area (TPSA) is 139 Å². The predicted molar refractivity (Wildman–Crippen MR) is 123 cm³/mol. The van der Waals surface area contributed by atoms with E-state index >= 15 is 0 Å². The molecule has 0 aliphatic heterocycles. The lowest BCUT2D eigenvalue weighted by Crippen LogP contribution is -2.27. The third-order valence-electron chi connectivity index (χ3n) is 5.61. The maximum atomic E-state index is 13.4. The monoisotopic (exact) mass is 483 g/mol. The zero-order valence-corrected chi connectivity index (χ0v) is 20.1. The Morgan fingerprint density at radius 2 is 1.88 bits per heavy atom. The van der Waals surface area contributed by atoms with E-state index in [4.69, 9.17) is 9.26 Å². The van der Waals surface area contributed by atoms with Crippen LogP contribution in [0.25, 0.3) is 11.5 Å². The first kappa shape index (κ1) is 23.5. The summed E-state index contributed by atoms with van der Waals surface area (Å²) in [5.74, 6) is 0.826. The van der Waals surface area contributed by atoms with Crippen molar-refractivity contribution in [1.82, 2.24) is 34.9 Å². The van der Waals surface area contributed by atoms with Gasteiger partial charge in [0.2, 0.25) is 5.88 Å². The molecule has 4 aromatic rings. The molecule has 178 valence electrons. The Balaban J connectivity index is 1.67. The second-order valence-electron chi connectivity index (χ2n) is 8.00. The number of pyridine rings is 1. The van der Waals surface area contributed by atoms with E-state index in [0.29, 0.717) is 28.9 Å². The van der Waals surface area contributed by atoms with Crippen molar-refractivity contribution < 1.29 is 17.7 Å². The van der Waals surface area contributed by atoms with E-state index in [1.807, 2.05) is 6.92 Å². The zero-order valence-electron chi connectivity index (χ0n) is 19.3. The molecule has 0 aliphatic carbocycles. The van der Waals surface area contributed by atoms with E-state index < -0.39 is 21.0 Å². The smallest absolute Gasteiger partial charge is 0.213 e. The van der Waals surface area contributed by atoms with Crippen LogP contribution in [0.1, 0.15) is 42.7 Å². The molecule has 2 atom stereocenters. The first-order chi connectivity index (χ1) is 16.3. The fourth-order valence-corrected chi connectivity index (χ4v) is 4.98. The molecule has 0 amide bonds. The van der Waals surface area contributed by atoms with Crippen LogP contribution in [0.3, 0.4) is 0 Å². The number of nitrogens with zero attached hydrogens (tertiary/aromatic N) is 7. The van der Waals surface area contributed by atoms with E-state index in [-0.39, 0.29) is 18.1 Å². The molecule has 4 rings (SSSR count). The Bertz CT molecular complexity index is 1350. The summed E-state index contributed by atoms with van der Waals surface area (Å²) in [5, 5.41) is 11.6. The molecule has 12 heteroatoms. The molecule has 0 saturated heterocycles. The number of methoxy groups -OCH3 is 1. The Morgan fingerprint density at radius 1 is 1.12 bits per heavy atom. The molecule has 0 saturated carbocycles. The molecule has 0 bridgehead atoms. The van der Waals surface area contributed by atoms with Crippen molar-refractivity contribution in [1.29, 1.82) is 0 Å². The third-order valence-corrected chi connectivity index (χ3v) is 7.81. The molecule has 4 aromatic heterocycles. The maximum absolute atomic E-state index is 13.4. The molecular weight excluding hydrogens is 458 g/mol. The van der Waals surface area contributed by atoms with E-state index in [1.165, 1.54) is 13.4 Å². The normalized spacial score (nSPS) is 13.5. The summed E-state index contributed by atoms with van der Waals surface area (Å²) < 4.78 is 38.6. The Morgan fingerprint density at radius 3 is 2.56 bits per heavy atom. The average molecular weight is 484 g/mol. The number of rotatable bonds is 9. The highest BCUT2D eigenvalue weighted by Crippen LogP contribution is 2.26. The molecule has 34 heavy (non-hydrogen) atoms. The van der Waals surface area contributed by atoms with E-state index in [2.05, 4.69) is 30.3 Å². The molecule has 0 unspecified atom stereocenters. The van der Waals surface area contributed by atoms with Crippen LogP contribution >= 0.6 is 0 Å². The predicted octanol–water partition coefficient (Wildman–Crippen LogP) is 2.59. The quantitative estimate of drug-likeness (QED) is 0.349. The molecule has 0 radical (unpaired) electrons. The van der Waals surface area contributed by atoms with Crippen molar-refractivity contribution in [2.24, 2.45) is 0 Å². The van der Waals surface area contributed by atoms with Crippen molar-refractivity contribution in [2.75, 3.05) is 7.11 Å². The first-order valence-electron chi connectivity index (χ1n) is 10.6. The summed E-state index contributed by atoms with van der Waals surface area (Å²) >= 11 is 0. The fraction of sp³-hybridized carbons (Fsp3) is 0.364. The number of hydrogen-bond acceptors (Lipinski definition) is 10. The van der Waals surface area contributed by atoms with Gasteiger partial charge < -0.3 is 13.8 Å². The fourth-order valence-electron chi connectivity index (χ4n) is 3.40. The maximum Gasteiger partial charge on any atom is 0.213 e. The largest absolute Gasteiger partial charge is 0.481 e. The number of sulfone groups is 1. The second-order valence-corrected chi connectivity index (χ2v) is 10.4. The van der Waals surface area contributed by atoms with Crippen LogP contribution in [0.5, 0.6) is 5.88 Å². The van der Waals surface area contributed by atoms with Gasteiger partial charge in [0.25, 0.3) is 0 Å². The third kappa shape index (κ3) is 4.96. The van der Waals surface area contributed by atoms with Crippen molar-refractivity contribution >= 4 is 9.84 Å². The summed E-state index contributed by atoms with van der Waals surface area (Å²) in [6.07, 6.45) is 4.81. The highest BCUT2D eigenvalue weighted by molar-refractivity contribution is 7.91. The van der Waals surface area contributed by atoms with E-state index in [0.717, 1.165) is 5.56 Å². The van der Waals surface area contributed by atoms with Crippen LogP contribution in [-0.2, 0) is 22.1 Å². The molecule has 0 N–H and O–H groups in total. The lowest BCUT2D eigenvalue weighted by atomic mass is 10.1. The Hall–Kier alpha value is -3.67. The Kier molecular flexibility index (Phi) is 6.68. The van der Waals surface area contributed by atoms with Gasteiger partial charge in [-0.25, -0.2) is 23.4 Å². The van der Waals surface area contributed by atoms with Gasteiger partial charge in [-0.05, 0) is 25.5 Å². The standard InChI is InChI=1S/C22H25N7O4S/c1-14-10-23-21(24-11-14)15(2)16(3)34(30,31)13-19-26-27-22(18-6-5-7-20(25-18)32-4)29(19)12-17-8-9-33-28-17/h5-11,15-16H,12-13H2,1-4H3/t15-,16-/m0/s1. The average Bonchev–Trinajstić information content (AvgIpc) is 3.49. The van der Waals surface area contributed by atoms with Crippen LogP contribution in [0.4, 0.5) is 0 Å². The van der Waals surface area contributed by atoms with Gasteiger partial charge in [0.1, 0.15) is 35.1 Å². The van der Waals surface area contributed by atoms with Gasteiger partial charge in [0.05, 0.1) is 18.9 Å². The molecule has 0 aromatic carbocycles. The minimum Gasteiger partial charge on any atom is -0.481 e. The first-order valence-corrected chi connectivity index (χ1v) is 12.3. The van der Waals surface area contributed by atoms with Gasteiger partial charge in [-0.2, -0.15) is 0 Å². The summed E-state index contributed by atoms with van der Waals surface area (Å²) in [6.45, 7) is 5.56. The van der Waals surface area contributed by atoms with Crippen molar-refractivity contribution in [3.63, 3.8) is 0 Å². The summed E-state index contributed by atoms with van der Waals surface area (Å²) in [6, 6.07) is 6.94. The molecule has 11 nitrogen and oxygen atoms in total. The molecule has 0 spiro atoms. The van der Waals surface area contributed by atoms with Gasteiger partial charge in [0.15, 0.2) is 15.7 Å². The minimum atomic E-state index is -3.65. The SMILES string of the molecule is COc1cccc(-c2nnc(CS(=O)(=O)[C@@H](C)[C@H](C)c3ncc(C)cn3)n2Cc2ccon2)n1. The molecule has 0 fully saturated rings. The zero-order chi connectivity index (χ0) is 24.3. The minimum absolute atomic E-state index is 0.216. The van der Waals surface area contributed by atoms with Crippen LogP contribution in [-0.4, -0.2) is 55.7 Å². The number of hydrogen-bond donors (Lipinski definition) is 0. The second kappa shape index (κ2) is 9.67. The van der Waals surface area contributed by atoms with Crippen LogP contribution in [0, 0.1) is 6.92 Å². The molecule has 0 aliphatic rings. The van der Waals surface area contributed by atoms with E-state index in [1.54, 1.807) is 55.1 Å². The summed E-state index contributed by atoms with van der Waals surface area (Å²) in [4.78, 5) is 13.0. The summed E-state index contributed by atoms with van der Waals surface area (Å²) in [5.41, 5.74) is 2.00. The van der Waals surface area contributed by atoms with Crippen LogP contribution in [0.2, 0.25) is 0 Å². The van der Waals surface area contributed by atoms with Crippen molar-refractivity contribution in [3.8, 4) is 17.4 Å². The van der Waals surface area contributed by atoms with Gasteiger partial charge >= 0.3 is 0 Å². The van der Waals surface area contributed by atoms with Gasteiger partial charge in [-0.15, -0.1) is 10.2 Å². The highest BCUT2D eigenvalue weighted by Gasteiger charge is 2.32. The number of ether oxygens (including phenoxy) is 1. The Labute approximate surface area is 197 Å². The number of aryl methyl sites for hydroxylation is 1. The molecule has 4 heterocycles. The highest BCUT2D eigenvalue weighted by atomic mass is 32.2. The van der Waals surface area contributed by atoms with Crippen LogP contribution < -0.4 is 4.74 Å². The van der Waals surface area contributed by atoms with Gasteiger partial charge in [-0.3, -0.25) is 0 Å².